The maximum atomic E-state index is 13.6. The van der Waals surface area contributed by atoms with E-state index in [1.54, 1.807) is 48.6 Å². The number of ether oxygens (including phenoxy) is 3. The summed E-state index contributed by atoms with van der Waals surface area (Å²) in [4.78, 5) is 65.2. The molecule has 1 aliphatic carbocycles. The molecule has 3 aliphatic rings. The van der Waals surface area contributed by atoms with Gasteiger partial charge in [-0.15, -0.1) is 0 Å². The van der Waals surface area contributed by atoms with Crippen LogP contribution >= 0.6 is 0 Å². The van der Waals surface area contributed by atoms with Crippen molar-refractivity contribution >= 4 is 41.2 Å². The fourth-order valence-electron chi connectivity index (χ4n) is 7.62. The van der Waals surface area contributed by atoms with Gasteiger partial charge in [-0.3, -0.25) is 29.3 Å². The molecule has 0 aromatic heterocycles. The van der Waals surface area contributed by atoms with Crippen LogP contribution in [0.1, 0.15) is 87.6 Å². The zero-order valence-corrected chi connectivity index (χ0v) is 31.7. The lowest BCUT2D eigenvalue weighted by Crippen LogP contribution is -2.32. The number of unbranched alkanes of at least 4 members (excludes halogenated alkanes) is 5. The Morgan fingerprint density at radius 3 is 2.11 bits per heavy atom. The van der Waals surface area contributed by atoms with Crippen molar-refractivity contribution < 1.29 is 38.2 Å². The predicted molar refractivity (Wildman–Crippen MR) is 210 cm³/mol. The number of nitrogens with zero attached hydrogens (tertiary/aromatic N) is 1. The van der Waals surface area contributed by atoms with Crippen LogP contribution in [0.2, 0.25) is 0 Å². The Hall–Kier alpha value is -5.51. The van der Waals surface area contributed by atoms with Crippen molar-refractivity contribution in [1.82, 2.24) is 5.32 Å². The third-order valence-electron chi connectivity index (χ3n) is 10.6. The smallest absolute Gasteiger partial charge is 0.241 e. The van der Waals surface area contributed by atoms with E-state index < -0.39 is 17.8 Å². The van der Waals surface area contributed by atoms with Crippen LogP contribution in [0.25, 0.3) is 6.08 Å². The molecule has 0 radical (unpaired) electrons. The summed E-state index contributed by atoms with van der Waals surface area (Å²) in [5.74, 6) is -1.26. The summed E-state index contributed by atoms with van der Waals surface area (Å²) in [5, 5.41) is 2.35. The van der Waals surface area contributed by atoms with Crippen LogP contribution < -0.4 is 24.4 Å². The molecule has 2 heterocycles. The fourth-order valence-corrected chi connectivity index (χ4v) is 7.62. The molecule has 1 N–H and O–H groups in total. The lowest BCUT2D eigenvalue weighted by molar-refractivity contribution is -0.127. The Kier molecular flexibility index (Phi) is 13.3. The van der Waals surface area contributed by atoms with Gasteiger partial charge in [-0.25, -0.2) is 4.90 Å². The van der Waals surface area contributed by atoms with Crippen LogP contribution in [0.5, 0.6) is 17.2 Å². The molecule has 3 aromatic carbocycles. The van der Waals surface area contributed by atoms with Crippen LogP contribution in [0.3, 0.4) is 0 Å². The van der Waals surface area contributed by atoms with Gasteiger partial charge >= 0.3 is 0 Å². The van der Waals surface area contributed by atoms with E-state index in [4.69, 9.17) is 14.2 Å². The van der Waals surface area contributed by atoms with E-state index in [-0.39, 0.29) is 41.8 Å². The summed E-state index contributed by atoms with van der Waals surface area (Å²) in [5.41, 5.74) is 2.67. The van der Waals surface area contributed by atoms with Crippen molar-refractivity contribution in [3.8, 4) is 17.2 Å². The molecule has 4 atom stereocenters. The third kappa shape index (κ3) is 9.98. The van der Waals surface area contributed by atoms with Gasteiger partial charge in [-0.2, -0.15) is 0 Å². The normalized spacial score (nSPS) is 20.8. The quantitative estimate of drug-likeness (QED) is 0.0431. The first-order valence-electron chi connectivity index (χ1n) is 19.5. The number of allylic oxidation sites excluding steroid dienone is 2. The number of imide groups is 2. The molecule has 2 aliphatic heterocycles. The Morgan fingerprint density at radius 1 is 0.764 bits per heavy atom. The van der Waals surface area contributed by atoms with E-state index in [2.05, 4.69) is 12.2 Å². The molecule has 288 valence electrons. The summed E-state index contributed by atoms with van der Waals surface area (Å²) in [6.45, 7) is 5.49. The van der Waals surface area contributed by atoms with Gasteiger partial charge in [-0.1, -0.05) is 75.0 Å². The van der Waals surface area contributed by atoms with Gasteiger partial charge < -0.3 is 14.2 Å². The van der Waals surface area contributed by atoms with Gasteiger partial charge in [0.2, 0.25) is 23.6 Å². The number of rotatable bonds is 19. The molecule has 0 bridgehead atoms. The first kappa shape index (κ1) is 39.2. The average molecular weight is 747 g/mol. The topological polar surface area (TPSA) is 128 Å². The van der Waals surface area contributed by atoms with Crippen LogP contribution in [0.4, 0.5) is 5.69 Å². The Bertz CT molecular complexity index is 1920. The molecule has 4 unspecified atom stereocenters. The molecule has 55 heavy (non-hydrogen) atoms. The van der Waals surface area contributed by atoms with Crippen LogP contribution in [-0.4, -0.2) is 49.2 Å². The second kappa shape index (κ2) is 18.7. The largest absolute Gasteiger partial charge is 0.494 e. The van der Waals surface area contributed by atoms with Crippen LogP contribution in [-0.2, 0) is 19.2 Å². The van der Waals surface area contributed by atoms with Crippen molar-refractivity contribution in [1.29, 1.82) is 0 Å². The van der Waals surface area contributed by atoms with Crippen molar-refractivity contribution in [2.24, 2.45) is 23.7 Å². The Morgan fingerprint density at radius 2 is 1.42 bits per heavy atom. The van der Waals surface area contributed by atoms with E-state index >= 15 is 0 Å². The zero-order valence-electron chi connectivity index (χ0n) is 31.7. The van der Waals surface area contributed by atoms with E-state index in [0.717, 1.165) is 23.3 Å². The van der Waals surface area contributed by atoms with Crippen molar-refractivity contribution in [3.63, 3.8) is 0 Å². The van der Waals surface area contributed by atoms with Gasteiger partial charge in [0.05, 0.1) is 43.3 Å². The van der Waals surface area contributed by atoms with E-state index in [9.17, 15) is 24.0 Å². The third-order valence-corrected chi connectivity index (χ3v) is 10.6. The van der Waals surface area contributed by atoms with Crippen LogP contribution in [0.15, 0.2) is 90.5 Å². The number of ketones is 1. The molecule has 3 aromatic rings. The summed E-state index contributed by atoms with van der Waals surface area (Å²) in [6.07, 6.45) is 13.6. The Labute approximate surface area is 322 Å². The number of nitrogens with one attached hydrogen (secondary N) is 1. The second-order valence-corrected chi connectivity index (χ2v) is 14.6. The molecule has 0 saturated carbocycles. The average Bonchev–Trinajstić information content (AvgIpc) is 3.66. The molecule has 10 heteroatoms. The SMILES string of the molecule is CCCCCCCCOc1ccc(C(=O)/C=C/c2ccc(OCCCOc3cccc(N4C(=O)C5CC(C6CC(=O)NC6=O)C=C(C)C5C4=O)c3)cc2)cc1. The molecular formula is C45H50N2O8. The maximum Gasteiger partial charge on any atom is 0.241 e. The highest BCUT2D eigenvalue weighted by Crippen LogP contribution is 2.45. The molecule has 0 spiro atoms. The maximum absolute atomic E-state index is 13.6. The van der Waals surface area contributed by atoms with Crippen molar-refractivity contribution in [2.45, 2.75) is 71.6 Å². The summed E-state index contributed by atoms with van der Waals surface area (Å²) >= 11 is 0. The summed E-state index contributed by atoms with van der Waals surface area (Å²) in [7, 11) is 0. The number of carbonyl (C=O) groups excluding carboxylic acids is 5. The number of benzene rings is 3. The van der Waals surface area contributed by atoms with E-state index in [1.807, 2.05) is 49.4 Å². The lowest BCUT2D eigenvalue weighted by Gasteiger charge is -2.29. The van der Waals surface area contributed by atoms with Crippen LogP contribution in [0, 0.1) is 23.7 Å². The van der Waals surface area contributed by atoms with Gasteiger partial charge in [0.25, 0.3) is 0 Å². The van der Waals surface area contributed by atoms with E-state index in [1.165, 1.54) is 37.0 Å². The molecule has 4 amide bonds. The highest BCUT2D eigenvalue weighted by atomic mass is 16.5. The molecule has 2 saturated heterocycles. The summed E-state index contributed by atoms with van der Waals surface area (Å²) < 4.78 is 17.7. The first-order valence-corrected chi connectivity index (χ1v) is 19.5. The molecule has 6 rings (SSSR count). The Balaban J connectivity index is 0.914. The van der Waals surface area contributed by atoms with Crippen molar-refractivity contribution in [2.75, 3.05) is 24.7 Å². The zero-order chi connectivity index (χ0) is 38.7. The molecule has 2 fully saturated rings. The number of hydrogen-bond donors (Lipinski definition) is 1. The van der Waals surface area contributed by atoms with E-state index in [0.29, 0.717) is 55.4 Å². The van der Waals surface area contributed by atoms with Gasteiger partial charge in [0, 0.05) is 24.5 Å². The van der Waals surface area contributed by atoms with Gasteiger partial charge in [0.1, 0.15) is 17.2 Å². The lowest BCUT2D eigenvalue weighted by atomic mass is 9.71. The number of anilines is 1. The number of carbonyl (C=O) groups is 5. The monoisotopic (exact) mass is 746 g/mol. The number of amides is 4. The minimum absolute atomic E-state index is 0.0822. The second-order valence-electron chi connectivity index (χ2n) is 14.6. The summed E-state index contributed by atoms with van der Waals surface area (Å²) in [6, 6.07) is 21.7. The number of hydrogen-bond acceptors (Lipinski definition) is 8. The molecule has 10 nitrogen and oxygen atoms in total. The van der Waals surface area contributed by atoms with Gasteiger partial charge in [-0.05, 0) is 85.9 Å². The first-order chi connectivity index (χ1) is 26.7. The standard InChI is InChI=1S/C45H50N2O8/c1-3-4-5-6-7-8-23-53-36-20-16-32(17-21-36)40(48)22-15-31-13-18-35(19-14-31)54-24-10-25-55-37-12-9-11-34(28-37)47-44(51)39-27-33(26-30(2)42(39)45(47)52)38-29-41(49)46-43(38)50/h9,11-22,26,28,33,38-39,42H,3-8,10,23-25,27,29H2,1-2H3,(H,46,49,50)/b22-15+. The number of fused-ring (bicyclic) bond motifs is 1. The minimum atomic E-state index is -0.582. The molecular weight excluding hydrogens is 697 g/mol. The highest BCUT2D eigenvalue weighted by Gasteiger charge is 2.53. The fraction of sp³-hybridized carbons (Fsp3) is 0.400. The van der Waals surface area contributed by atoms with Gasteiger partial charge in [0.15, 0.2) is 5.78 Å². The van der Waals surface area contributed by atoms with Crippen molar-refractivity contribution in [3.05, 3.63) is 102 Å². The predicted octanol–water partition coefficient (Wildman–Crippen LogP) is 7.90. The highest BCUT2D eigenvalue weighted by molar-refractivity contribution is 6.23. The minimum Gasteiger partial charge on any atom is -0.494 e.